The first-order chi connectivity index (χ1) is 13.6. The third-order valence-electron chi connectivity index (χ3n) is 5.03. The van der Waals surface area contributed by atoms with E-state index in [1.807, 2.05) is 52.8 Å². The Kier molecular flexibility index (Phi) is 3.80. The fourth-order valence-electron chi connectivity index (χ4n) is 3.63. The smallest absolute Gasteiger partial charge is 0.292 e. The van der Waals surface area contributed by atoms with E-state index in [1.54, 1.807) is 0 Å². The van der Waals surface area contributed by atoms with Gasteiger partial charge in [-0.05, 0) is 42.3 Å². The number of morpholine rings is 1. The van der Waals surface area contributed by atoms with Crippen molar-refractivity contribution in [2.45, 2.75) is 6.92 Å². The molecule has 4 heterocycles. The monoisotopic (exact) mass is 377 g/mol. The first-order valence-corrected chi connectivity index (χ1v) is 9.12. The molecule has 1 saturated heterocycles. The van der Waals surface area contributed by atoms with E-state index < -0.39 is 0 Å². The summed E-state index contributed by atoms with van der Waals surface area (Å²) in [5, 5.41) is 0. The number of nitrogens with two attached hydrogens (primary N) is 1. The molecule has 3 aromatic heterocycles. The van der Waals surface area contributed by atoms with Gasteiger partial charge in [0.25, 0.3) is 11.9 Å². The summed E-state index contributed by atoms with van der Waals surface area (Å²) in [5.41, 5.74) is 10.9. The number of imidazole rings is 1. The molecule has 5 rings (SSSR count). The number of nitrogens with zero attached hydrogens (tertiary/aromatic N) is 4. The van der Waals surface area contributed by atoms with Gasteiger partial charge >= 0.3 is 0 Å². The second-order valence-electron chi connectivity index (χ2n) is 6.83. The van der Waals surface area contributed by atoms with Crippen molar-refractivity contribution in [1.82, 2.24) is 19.3 Å². The van der Waals surface area contributed by atoms with Gasteiger partial charge in [-0.2, -0.15) is 4.98 Å². The molecule has 8 heteroatoms. The number of hydrogen-bond acceptors (Lipinski definition) is 6. The van der Waals surface area contributed by atoms with Crippen molar-refractivity contribution < 1.29 is 13.9 Å². The average molecular weight is 377 g/mol. The van der Waals surface area contributed by atoms with Gasteiger partial charge in [-0.3, -0.25) is 9.20 Å². The van der Waals surface area contributed by atoms with Crippen LogP contribution in [0, 0.1) is 6.92 Å². The molecule has 8 nitrogen and oxygen atoms in total. The van der Waals surface area contributed by atoms with Gasteiger partial charge in [-0.15, -0.1) is 0 Å². The van der Waals surface area contributed by atoms with Gasteiger partial charge < -0.3 is 19.8 Å². The Morgan fingerprint density at radius 2 is 1.89 bits per heavy atom. The SMILES string of the molecule is Cc1nc2ccc(-c3ccc4oc(N)nc4c3)cn2c1C(=O)N1CCOCC1. The molecular formula is C20H19N5O3. The van der Waals surface area contributed by atoms with Crippen molar-refractivity contribution in [3.63, 3.8) is 0 Å². The molecule has 0 bridgehead atoms. The van der Waals surface area contributed by atoms with Crippen molar-refractivity contribution in [1.29, 1.82) is 0 Å². The van der Waals surface area contributed by atoms with Crippen LogP contribution in [0.15, 0.2) is 40.9 Å². The number of pyridine rings is 1. The van der Waals surface area contributed by atoms with Crippen molar-refractivity contribution >= 4 is 28.7 Å². The molecule has 0 atom stereocenters. The number of benzene rings is 1. The number of ether oxygens (including phenoxy) is 1. The van der Waals surface area contributed by atoms with Crippen molar-refractivity contribution in [3.05, 3.63) is 47.9 Å². The number of hydrogen-bond donors (Lipinski definition) is 1. The summed E-state index contributed by atoms with van der Waals surface area (Å²) in [7, 11) is 0. The highest BCUT2D eigenvalue weighted by Crippen LogP contribution is 2.27. The minimum Gasteiger partial charge on any atom is -0.424 e. The van der Waals surface area contributed by atoms with E-state index in [2.05, 4.69) is 9.97 Å². The lowest BCUT2D eigenvalue weighted by atomic mass is 10.1. The maximum atomic E-state index is 13.1. The van der Waals surface area contributed by atoms with E-state index >= 15 is 0 Å². The van der Waals surface area contributed by atoms with Crippen LogP contribution in [0.25, 0.3) is 27.9 Å². The molecule has 1 fully saturated rings. The minimum atomic E-state index is -0.0230. The molecule has 1 aromatic carbocycles. The Bertz CT molecular complexity index is 1200. The molecule has 1 amide bonds. The Balaban J connectivity index is 1.60. The summed E-state index contributed by atoms with van der Waals surface area (Å²) < 4.78 is 12.6. The lowest BCUT2D eigenvalue weighted by Gasteiger charge is -2.26. The van der Waals surface area contributed by atoms with Gasteiger partial charge in [0, 0.05) is 19.3 Å². The average Bonchev–Trinajstić information content (AvgIpc) is 3.24. The number of amides is 1. The summed E-state index contributed by atoms with van der Waals surface area (Å²) in [6, 6.07) is 9.75. The number of oxazole rings is 1. The standard InChI is InChI=1S/C20H19N5O3/c1-12-18(19(26)24-6-8-27-9-7-24)25-11-14(3-5-17(25)22-12)13-2-4-16-15(10-13)23-20(21)28-16/h2-5,10-11H,6-9H2,1H3,(H2,21,23). The number of carbonyl (C=O) groups is 1. The third kappa shape index (κ3) is 2.69. The summed E-state index contributed by atoms with van der Waals surface area (Å²) in [6.45, 7) is 4.18. The number of rotatable bonds is 2. The van der Waals surface area contributed by atoms with Crippen molar-refractivity contribution in [2.24, 2.45) is 0 Å². The molecule has 0 radical (unpaired) electrons. The number of aromatic nitrogens is 3. The maximum absolute atomic E-state index is 13.1. The highest BCUT2D eigenvalue weighted by atomic mass is 16.5. The predicted molar refractivity (Wildman–Crippen MR) is 104 cm³/mol. The molecule has 0 unspecified atom stereocenters. The van der Waals surface area contributed by atoms with Crippen LogP contribution in [0.4, 0.5) is 6.01 Å². The molecule has 1 aliphatic rings. The highest BCUT2D eigenvalue weighted by molar-refractivity contribution is 5.95. The lowest BCUT2D eigenvalue weighted by Crippen LogP contribution is -2.41. The highest BCUT2D eigenvalue weighted by Gasteiger charge is 2.24. The van der Waals surface area contributed by atoms with Crippen LogP contribution < -0.4 is 5.73 Å². The number of nitrogen functional groups attached to an aromatic ring is 1. The van der Waals surface area contributed by atoms with Gasteiger partial charge in [0.1, 0.15) is 16.9 Å². The number of anilines is 1. The van der Waals surface area contributed by atoms with Gasteiger partial charge in [-0.1, -0.05) is 6.07 Å². The summed E-state index contributed by atoms with van der Waals surface area (Å²) in [5.74, 6) is -0.0230. The van der Waals surface area contributed by atoms with Crippen LogP contribution in [0.3, 0.4) is 0 Å². The van der Waals surface area contributed by atoms with Crippen LogP contribution >= 0.6 is 0 Å². The number of carbonyl (C=O) groups excluding carboxylic acids is 1. The first-order valence-electron chi connectivity index (χ1n) is 9.12. The van der Waals surface area contributed by atoms with Crippen LogP contribution in [0.2, 0.25) is 0 Å². The van der Waals surface area contributed by atoms with Gasteiger partial charge in [0.15, 0.2) is 5.58 Å². The zero-order valence-electron chi connectivity index (χ0n) is 15.4. The normalized spacial score (nSPS) is 14.8. The van der Waals surface area contributed by atoms with Gasteiger partial charge in [0.05, 0.1) is 18.9 Å². The fraction of sp³-hybridized carbons (Fsp3) is 0.250. The molecular weight excluding hydrogens is 358 g/mol. The van der Waals surface area contributed by atoms with Crippen LogP contribution in [0.1, 0.15) is 16.2 Å². The third-order valence-corrected chi connectivity index (χ3v) is 5.03. The summed E-state index contributed by atoms with van der Waals surface area (Å²) in [6.07, 6.45) is 1.94. The lowest BCUT2D eigenvalue weighted by molar-refractivity contribution is 0.0298. The van der Waals surface area contributed by atoms with Crippen LogP contribution in [0.5, 0.6) is 0 Å². The van der Waals surface area contributed by atoms with E-state index in [4.69, 9.17) is 14.9 Å². The van der Waals surface area contributed by atoms with E-state index in [0.29, 0.717) is 48.8 Å². The topological polar surface area (TPSA) is 98.9 Å². The zero-order valence-corrected chi connectivity index (χ0v) is 15.4. The van der Waals surface area contributed by atoms with E-state index in [9.17, 15) is 4.79 Å². The summed E-state index contributed by atoms with van der Waals surface area (Å²) in [4.78, 5) is 23.7. The molecule has 0 spiro atoms. The Morgan fingerprint density at radius 3 is 2.71 bits per heavy atom. The van der Waals surface area contributed by atoms with Gasteiger partial charge in [0.2, 0.25) is 0 Å². The molecule has 0 aliphatic carbocycles. The van der Waals surface area contributed by atoms with E-state index in [1.165, 1.54) is 0 Å². The molecule has 2 N–H and O–H groups in total. The molecule has 1 aliphatic heterocycles. The van der Waals surface area contributed by atoms with Gasteiger partial charge in [-0.25, -0.2) is 4.98 Å². The largest absolute Gasteiger partial charge is 0.424 e. The number of fused-ring (bicyclic) bond motifs is 2. The Morgan fingerprint density at radius 1 is 1.11 bits per heavy atom. The van der Waals surface area contributed by atoms with Crippen LogP contribution in [-0.2, 0) is 4.74 Å². The van der Waals surface area contributed by atoms with Crippen molar-refractivity contribution in [2.75, 3.05) is 32.0 Å². The number of aryl methyl sites for hydroxylation is 1. The van der Waals surface area contributed by atoms with Crippen molar-refractivity contribution in [3.8, 4) is 11.1 Å². The Labute approximate surface area is 160 Å². The summed E-state index contributed by atoms with van der Waals surface area (Å²) >= 11 is 0. The fourth-order valence-corrected chi connectivity index (χ4v) is 3.63. The zero-order chi connectivity index (χ0) is 19.3. The van der Waals surface area contributed by atoms with E-state index in [-0.39, 0.29) is 11.9 Å². The second-order valence-corrected chi connectivity index (χ2v) is 6.83. The van der Waals surface area contributed by atoms with Crippen LogP contribution in [-0.4, -0.2) is 51.5 Å². The molecule has 28 heavy (non-hydrogen) atoms. The quantitative estimate of drug-likeness (QED) is 0.576. The maximum Gasteiger partial charge on any atom is 0.292 e. The first kappa shape index (κ1) is 16.8. The Hall–Kier alpha value is -3.39. The molecule has 0 saturated carbocycles. The molecule has 142 valence electrons. The molecule has 4 aromatic rings. The minimum absolute atomic E-state index is 0.0230. The predicted octanol–water partition coefficient (Wildman–Crippen LogP) is 2.51. The second kappa shape index (κ2) is 6.35. The van der Waals surface area contributed by atoms with E-state index in [0.717, 1.165) is 16.8 Å².